The molecule has 0 amide bonds. The van der Waals surface area contributed by atoms with Gasteiger partial charge in [-0.1, -0.05) is 59.6 Å². The van der Waals surface area contributed by atoms with Crippen LogP contribution in [0.2, 0.25) is 10.0 Å². The molecule has 2 atom stereocenters. The number of nitrogens with one attached hydrogen (secondary N) is 1. The number of benzene rings is 2. The van der Waals surface area contributed by atoms with E-state index in [4.69, 9.17) is 23.2 Å². The Kier molecular flexibility index (Phi) is 7.50. The maximum absolute atomic E-state index is 10.3. The fourth-order valence-corrected chi connectivity index (χ4v) is 2.30. The van der Waals surface area contributed by atoms with Gasteiger partial charge in [-0.25, -0.2) is 0 Å². The Morgan fingerprint density at radius 2 is 1.71 bits per heavy atom. The van der Waals surface area contributed by atoms with Gasteiger partial charge < -0.3 is 22.8 Å². The zero-order valence-corrected chi connectivity index (χ0v) is 13.8. The first-order valence-corrected chi connectivity index (χ1v) is 7.24. The average molecular weight is 346 g/mol. The predicted molar refractivity (Wildman–Crippen MR) is 84.2 cm³/mol. The van der Waals surface area contributed by atoms with Crippen molar-refractivity contribution in [3.63, 3.8) is 0 Å². The van der Waals surface area contributed by atoms with E-state index in [1.807, 2.05) is 49.4 Å². The van der Waals surface area contributed by atoms with E-state index in [1.165, 1.54) is 0 Å². The molecule has 0 heterocycles. The molecule has 2 nitrogen and oxygen atoms in total. The van der Waals surface area contributed by atoms with Crippen molar-refractivity contribution < 1.29 is 17.5 Å². The number of aliphatic hydroxyl groups is 1. The van der Waals surface area contributed by atoms with Crippen molar-refractivity contribution in [1.82, 2.24) is 5.32 Å². The minimum atomic E-state index is -0.543. The molecule has 2 unspecified atom stereocenters. The zero-order chi connectivity index (χ0) is 14.5. The summed E-state index contributed by atoms with van der Waals surface area (Å²) in [5, 5.41) is 14.6. The SMILES string of the molecule is CC(NCc1ccc(Cl)c(Cl)c1)C(O)c1ccccc1.[Cl-]. The van der Waals surface area contributed by atoms with Crippen molar-refractivity contribution in [1.29, 1.82) is 0 Å². The van der Waals surface area contributed by atoms with Crippen LogP contribution in [0.4, 0.5) is 0 Å². The molecule has 2 aromatic carbocycles. The van der Waals surface area contributed by atoms with Gasteiger partial charge in [-0.2, -0.15) is 0 Å². The molecule has 0 aliphatic heterocycles. The number of hydrogen-bond acceptors (Lipinski definition) is 2. The number of rotatable bonds is 5. The Morgan fingerprint density at radius 3 is 2.33 bits per heavy atom. The maximum atomic E-state index is 10.3. The third-order valence-electron chi connectivity index (χ3n) is 3.23. The summed E-state index contributed by atoms with van der Waals surface area (Å²) in [6.07, 6.45) is -0.543. The first-order valence-electron chi connectivity index (χ1n) is 6.48. The normalized spacial score (nSPS) is 13.3. The fraction of sp³-hybridized carbons (Fsp3) is 0.250. The van der Waals surface area contributed by atoms with Crippen LogP contribution in [0.25, 0.3) is 0 Å². The topological polar surface area (TPSA) is 32.3 Å². The van der Waals surface area contributed by atoms with Gasteiger partial charge in [0.25, 0.3) is 0 Å². The molecule has 0 radical (unpaired) electrons. The van der Waals surface area contributed by atoms with Gasteiger partial charge in [-0.05, 0) is 30.2 Å². The van der Waals surface area contributed by atoms with Gasteiger partial charge in [0.05, 0.1) is 16.1 Å². The Hall–Kier alpha value is -0.770. The van der Waals surface area contributed by atoms with Gasteiger partial charge in [-0.3, -0.25) is 0 Å². The van der Waals surface area contributed by atoms with Crippen molar-refractivity contribution >= 4 is 23.2 Å². The highest BCUT2D eigenvalue weighted by Gasteiger charge is 2.15. The highest BCUT2D eigenvalue weighted by molar-refractivity contribution is 6.42. The molecule has 0 aliphatic carbocycles. The molecule has 21 heavy (non-hydrogen) atoms. The van der Waals surface area contributed by atoms with Crippen molar-refractivity contribution in [2.45, 2.75) is 25.6 Å². The van der Waals surface area contributed by atoms with Crippen LogP contribution < -0.4 is 17.7 Å². The molecule has 0 aromatic heterocycles. The summed E-state index contributed by atoms with van der Waals surface area (Å²) >= 11 is 11.9. The first kappa shape index (κ1) is 18.3. The van der Waals surface area contributed by atoms with Gasteiger partial charge in [0.15, 0.2) is 0 Å². The minimum absolute atomic E-state index is 0. The van der Waals surface area contributed by atoms with E-state index in [9.17, 15) is 5.11 Å². The molecule has 2 N–H and O–H groups in total. The fourth-order valence-electron chi connectivity index (χ4n) is 1.98. The summed E-state index contributed by atoms with van der Waals surface area (Å²) in [6, 6.07) is 15.1. The average Bonchev–Trinajstić information content (AvgIpc) is 2.48. The Balaban J connectivity index is 0.00000220. The van der Waals surface area contributed by atoms with Gasteiger partial charge >= 0.3 is 0 Å². The molecule has 0 bridgehead atoms. The summed E-state index contributed by atoms with van der Waals surface area (Å²) in [6.45, 7) is 2.58. The lowest BCUT2D eigenvalue weighted by Gasteiger charge is -2.20. The highest BCUT2D eigenvalue weighted by atomic mass is 35.5. The van der Waals surface area contributed by atoms with E-state index < -0.39 is 6.10 Å². The summed E-state index contributed by atoms with van der Waals surface area (Å²) in [5.74, 6) is 0. The van der Waals surface area contributed by atoms with E-state index in [0.717, 1.165) is 11.1 Å². The van der Waals surface area contributed by atoms with Crippen LogP contribution in [0, 0.1) is 0 Å². The van der Waals surface area contributed by atoms with Crippen molar-refractivity contribution in [3.8, 4) is 0 Å². The van der Waals surface area contributed by atoms with Crippen LogP contribution in [0.3, 0.4) is 0 Å². The molecule has 0 aliphatic rings. The van der Waals surface area contributed by atoms with E-state index in [-0.39, 0.29) is 18.4 Å². The van der Waals surface area contributed by atoms with Crippen molar-refractivity contribution in [3.05, 3.63) is 69.7 Å². The minimum Gasteiger partial charge on any atom is -1.00 e. The van der Waals surface area contributed by atoms with Crippen LogP contribution in [0.15, 0.2) is 48.5 Å². The molecule has 0 spiro atoms. The molecule has 0 saturated heterocycles. The standard InChI is InChI=1S/C16H17Cl2NO.ClH/c1-11(16(20)13-5-3-2-4-6-13)19-10-12-7-8-14(17)15(18)9-12;/h2-9,11,16,19-20H,10H2,1H3;1H/p-1. The molecule has 0 fully saturated rings. The van der Waals surface area contributed by atoms with E-state index in [2.05, 4.69) is 5.32 Å². The van der Waals surface area contributed by atoms with Gasteiger partial charge in [0.2, 0.25) is 0 Å². The summed E-state index contributed by atoms with van der Waals surface area (Å²) in [4.78, 5) is 0. The van der Waals surface area contributed by atoms with Crippen molar-refractivity contribution in [2.75, 3.05) is 0 Å². The number of hydrogen-bond donors (Lipinski definition) is 2. The maximum Gasteiger partial charge on any atom is 0.0940 e. The number of aliphatic hydroxyl groups excluding tert-OH is 1. The smallest absolute Gasteiger partial charge is 0.0940 e. The second kappa shape index (κ2) is 8.62. The summed E-state index contributed by atoms with van der Waals surface area (Å²) < 4.78 is 0. The Labute approximate surface area is 141 Å². The highest BCUT2D eigenvalue weighted by Crippen LogP contribution is 2.23. The van der Waals surface area contributed by atoms with Gasteiger partial charge in [-0.15, -0.1) is 0 Å². The molecule has 5 heteroatoms. The lowest BCUT2D eigenvalue weighted by molar-refractivity contribution is -0.00000538. The van der Waals surface area contributed by atoms with E-state index in [0.29, 0.717) is 16.6 Å². The Bertz CT molecular complexity index is 563. The summed E-state index contributed by atoms with van der Waals surface area (Å²) in [5.41, 5.74) is 1.94. The molecule has 2 rings (SSSR count). The number of halogens is 3. The quantitative estimate of drug-likeness (QED) is 0.854. The molecule has 0 saturated carbocycles. The molecular formula is C16H17Cl3NO-. The molecule has 2 aromatic rings. The largest absolute Gasteiger partial charge is 1.00 e. The predicted octanol–water partition coefficient (Wildman–Crippen LogP) is 1.21. The lowest BCUT2D eigenvalue weighted by atomic mass is 10.0. The lowest BCUT2D eigenvalue weighted by Crippen LogP contribution is -3.00. The van der Waals surface area contributed by atoms with Gasteiger partial charge in [0, 0.05) is 12.6 Å². The van der Waals surface area contributed by atoms with Crippen LogP contribution in [-0.4, -0.2) is 11.1 Å². The first-order chi connectivity index (χ1) is 9.58. The Morgan fingerprint density at radius 1 is 1.05 bits per heavy atom. The van der Waals surface area contributed by atoms with Gasteiger partial charge in [0.1, 0.15) is 0 Å². The molecule has 114 valence electrons. The summed E-state index contributed by atoms with van der Waals surface area (Å²) in [7, 11) is 0. The van der Waals surface area contributed by atoms with E-state index >= 15 is 0 Å². The van der Waals surface area contributed by atoms with Crippen LogP contribution in [-0.2, 0) is 6.54 Å². The third kappa shape index (κ3) is 5.17. The second-order valence-corrected chi connectivity index (χ2v) is 5.59. The van der Waals surface area contributed by atoms with Crippen molar-refractivity contribution in [2.24, 2.45) is 0 Å². The monoisotopic (exact) mass is 344 g/mol. The molecular weight excluding hydrogens is 329 g/mol. The third-order valence-corrected chi connectivity index (χ3v) is 3.97. The zero-order valence-electron chi connectivity index (χ0n) is 11.6. The van der Waals surface area contributed by atoms with Crippen LogP contribution in [0.1, 0.15) is 24.2 Å². The van der Waals surface area contributed by atoms with Crippen LogP contribution >= 0.6 is 23.2 Å². The van der Waals surface area contributed by atoms with E-state index in [1.54, 1.807) is 6.07 Å². The second-order valence-electron chi connectivity index (χ2n) is 4.77. The van der Waals surface area contributed by atoms with Crippen LogP contribution in [0.5, 0.6) is 0 Å².